The zero-order valence-corrected chi connectivity index (χ0v) is 15.0. The van der Waals surface area contributed by atoms with Gasteiger partial charge in [0.05, 0.1) is 17.2 Å². The third-order valence-corrected chi connectivity index (χ3v) is 4.61. The average Bonchev–Trinajstić information content (AvgIpc) is 2.95. The van der Waals surface area contributed by atoms with Gasteiger partial charge in [0.2, 0.25) is 5.88 Å². The van der Waals surface area contributed by atoms with Crippen LogP contribution in [0.3, 0.4) is 0 Å². The molecule has 3 aromatic rings. The van der Waals surface area contributed by atoms with Crippen LogP contribution < -0.4 is 4.74 Å². The van der Waals surface area contributed by atoms with Crippen molar-refractivity contribution in [1.82, 2.24) is 9.88 Å². The lowest BCUT2D eigenvalue weighted by Crippen LogP contribution is -2.37. The third kappa shape index (κ3) is 3.29. The molecule has 2 aromatic carbocycles. The van der Waals surface area contributed by atoms with Crippen LogP contribution >= 0.6 is 11.6 Å². The number of carbonyl (C=O) groups is 2. The number of rotatable bonds is 5. The number of halogens is 1. The van der Waals surface area contributed by atoms with Gasteiger partial charge in [-0.2, -0.15) is 0 Å². The quantitative estimate of drug-likeness (QED) is 0.494. The first-order valence-corrected chi connectivity index (χ1v) is 8.80. The van der Waals surface area contributed by atoms with Crippen LogP contribution in [0.1, 0.15) is 32.3 Å². The maximum atomic E-state index is 12.9. The number of fused-ring (bicyclic) bond motifs is 1. The summed E-state index contributed by atoms with van der Waals surface area (Å²) in [7, 11) is 0. The normalized spacial score (nSPS) is 14.2. The van der Waals surface area contributed by atoms with Gasteiger partial charge in [-0.05, 0) is 23.8 Å². The van der Waals surface area contributed by atoms with Crippen molar-refractivity contribution in [1.29, 1.82) is 0 Å². The Kier molecular flexibility index (Phi) is 4.60. The highest BCUT2D eigenvalue weighted by Gasteiger charge is 2.40. The minimum absolute atomic E-state index is 0.0722. The third-order valence-electron chi connectivity index (χ3n) is 4.40. The van der Waals surface area contributed by atoms with Crippen LogP contribution in [0.2, 0.25) is 5.15 Å². The molecule has 2 amide bonds. The fourth-order valence-electron chi connectivity index (χ4n) is 3.12. The van der Waals surface area contributed by atoms with Crippen LogP contribution in [0.15, 0.2) is 72.8 Å². The summed E-state index contributed by atoms with van der Waals surface area (Å²) in [6, 6.07) is 20.6. The number of nitrogens with zero attached hydrogens (tertiary/aromatic N) is 2. The first-order valence-electron chi connectivity index (χ1n) is 8.42. The molecule has 134 valence electrons. The summed E-state index contributed by atoms with van der Waals surface area (Å²) in [5.74, 6) is -0.320. The SMILES string of the molecule is O=C1c2ccccc2C(=O)N1[C@@H](COc1cccc(Cl)n1)c1ccccc1. The number of imide groups is 1. The molecule has 0 unspecified atom stereocenters. The monoisotopic (exact) mass is 378 g/mol. The molecule has 1 aromatic heterocycles. The fraction of sp³-hybridized carbons (Fsp3) is 0.0952. The van der Waals surface area contributed by atoms with Crippen LogP contribution in [0.5, 0.6) is 5.88 Å². The van der Waals surface area contributed by atoms with E-state index in [1.54, 1.807) is 42.5 Å². The van der Waals surface area contributed by atoms with Crippen LogP contribution in [0, 0.1) is 0 Å². The van der Waals surface area contributed by atoms with Crippen molar-refractivity contribution < 1.29 is 14.3 Å². The van der Waals surface area contributed by atoms with Crippen molar-refractivity contribution in [2.45, 2.75) is 6.04 Å². The topological polar surface area (TPSA) is 59.5 Å². The van der Waals surface area contributed by atoms with E-state index in [1.807, 2.05) is 30.3 Å². The maximum absolute atomic E-state index is 12.9. The zero-order chi connectivity index (χ0) is 18.8. The Morgan fingerprint density at radius 3 is 2.11 bits per heavy atom. The Morgan fingerprint density at radius 1 is 0.852 bits per heavy atom. The van der Waals surface area contributed by atoms with E-state index in [0.717, 1.165) is 5.56 Å². The summed E-state index contributed by atoms with van der Waals surface area (Å²) >= 11 is 5.90. The van der Waals surface area contributed by atoms with Crippen LogP contribution in [-0.2, 0) is 0 Å². The van der Waals surface area contributed by atoms with Crippen LogP contribution in [-0.4, -0.2) is 28.3 Å². The van der Waals surface area contributed by atoms with E-state index >= 15 is 0 Å². The summed E-state index contributed by atoms with van der Waals surface area (Å²) in [5, 5.41) is 0.310. The molecule has 0 N–H and O–H groups in total. The number of benzene rings is 2. The largest absolute Gasteiger partial charge is 0.475 e. The Bertz CT molecular complexity index is 972. The van der Waals surface area contributed by atoms with Crippen molar-refractivity contribution in [3.8, 4) is 5.88 Å². The summed E-state index contributed by atoms with van der Waals surface area (Å²) in [6.07, 6.45) is 0. The lowest BCUT2D eigenvalue weighted by atomic mass is 10.1. The molecule has 1 aliphatic rings. The molecule has 27 heavy (non-hydrogen) atoms. The van der Waals surface area contributed by atoms with Gasteiger partial charge >= 0.3 is 0 Å². The van der Waals surface area contributed by atoms with Gasteiger partial charge in [-0.1, -0.05) is 60.1 Å². The lowest BCUT2D eigenvalue weighted by molar-refractivity contribution is 0.0527. The molecule has 0 aliphatic carbocycles. The minimum Gasteiger partial charge on any atom is -0.475 e. The molecule has 1 aliphatic heterocycles. The van der Waals surface area contributed by atoms with Crippen molar-refractivity contribution in [3.63, 3.8) is 0 Å². The van der Waals surface area contributed by atoms with E-state index in [-0.39, 0.29) is 18.4 Å². The van der Waals surface area contributed by atoms with Crippen molar-refractivity contribution in [2.75, 3.05) is 6.61 Å². The fourth-order valence-corrected chi connectivity index (χ4v) is 3.28. The molecule has 6 heteroatoms. The molecule has 0 bridgehead atoms. The molecular weight excluding hydrogens is 364 g/mol. The van der Waals surface area contributed by atoms with Crippen molar-refractivity contribution in [2.24, 2.45) is 0 Å². The molecule has 0 spiro atoms. The average molecular weight is 379 g/mol. The number of hydrogen-bond donors (Lipinski definition) is 0. The van der Waals surface area contributed by atoms with Gasteiger partial charge in [-0.25, -0.2) is 4.98 Å². The van der Waals surface area contributed by atoms with Gasteiger partial charge in [-0.15, -0.1) is 0 Å². The molecule has 0 saturated carbocycles. The highest BCUT2D eigenvalue weighted by atomic mass is 35.5. The number of carbonyl (C=O) groups excluding carboxylic acids is 2. The minimum atomic E-state index is -0.584. The number of ether oxygens (including phenoxy) is 1. The molecular formula is C21H15ClN2O3. The summed E-state index contributed by atoms with van der Waals surface area (Å²) < 4.78 is 5.77. The highest BCUT2D eigenvalue weighted by molar-refractivity contribution is 6.29. The predicted molar refractivity (Wildman–Crippen MR) is 101 cm³/mol. The van der Waals surface area contributed by atoms with E-state index in [4.69, 9.17) is 16.3 Å². The van der Waals surface area contributed by atoms with E-state index in [0.29, 0.717) is 22.2 Å². The summed E-state index contributed by atoms with van der Waals surface area (Å²) in [4.78, 5) is 31.2. The smallest absolute Gasteiger partial charge is 0.262 e. The Labute approximate surface area is 161 Å². The first-order chi connectivity index (χ1) is 13.1. The second-order valence-corrected chi connectivity index (χ2v) is 6.45. The predicted octanol–water partition coefficient (Wildman–Crippen LogP) is 4.15. The Balaban J connectivity index is 1.67. The Morgan fingerprint density at radius 2 is 1.48 bits per heavy atom. The molecule has 5 nitrogen and oxygen atoms in total. The van der Waals surface area contributed by atoms with Gasteiger partial charge < -0.3 is 4.74 Å². The highest BCUT2D eigenvalue weighted by Crippen LogP contribution is 2.32. The van der Waals surface area contributed by atoms with E-state index in [2.05, 4.69) is 4.98 Å². The van der Waals surface area contributed by atoms with E-state index < -0.39 is 6.04 Å². The number of pyridine rings is 1. The lowest BCUT2D eigenvalue weighted by Gasteiger charge is -2.26. The second kappa shape index (κ2) is 7.21. The van der Waals surface area contributed by atoms with Crippen molar-refractivity contribution in [3.05, 3.63) is 94.6 Å². The Hall–Kier alpha value is -3.18. The number of amides is 2. The van der Waals surface area contributed by atoms with E-state index in [9.17, 15) is 9.59 Å². The number of aromatic nitrogens is 1. The van der Waals surface area contributed by atoms with Gasteiger partial charge in [-0.3, -0.25) is 14.5 Å². The molecule has 0 saturated heterocycles. The van der Waals surface area contributed by atoms with Gasteiger partial charge in [0.15, 0.2) is 0 Å². The van der Waals surface area contributed by atoms with Crippen LogP contribution in [0.4, 0.5) is 0 Å². The first kappa shape index (κ1) is 17.2. The van der Waals surface area contributed by atoms with Crippen LogP contribution in [0.25, 0.3) is 0 Å². The van der Waals surface area contributed by atoms with E-state index in [1.165, 1.54) is 4.90 Å². The summed E-state index contributed by atoms with van der Waals surface area (Å²) in [5.41, 5.74) is 1.61. The maximum Gasteiger partial charge on any atom is 0.262 e. The molecule has 2 heterocycles. The molecule has 1 atom stereocenters. The summed E-state index contributed by atoms with van der Waals surface area (Å²) in [6.45, 7) is 0.0722. The van der Waals surface area contributed by atoms with Gasteiger partial charge in [0.1, 0.15) is 11.8 Å². The zero-order valence-electron chi connectivity index (χ0n) is 14.2. The van der Waals surface area contributed by atoms with Gasteiger partial charge in [0, 0.05) is 6.07 Å². The number of hydrogen-bond acceptors (Lipinski definition) is 4. The second-order valence-electron chi connectivity index (χ2n) is 6.06. The van der Waals surface area contributed by atoms with Gasteiger partial charge in [0.25, 0.3) is 11.8 Å². The molecule has 4 rings (SSSR count). The molecule has 0 radical (unpaired) electrons. The standard InChI is InChI=1S/C21H15ClN2O3/c22-18-11-6-12-19(23-18)27-13-17(14-7-2-1-3-8-14)24-20(25)15-9-4-5-10-16(15)21(24)26/h1-12,17H,13H2/t17-/m0/s1. The molecule has 0 fully saturated rings. The van der Waals surface area contributed by atoms with Crippen molar-refractivity contribution >= 4 is 23.4 Å².